The van der Waals surface area contributed by atoms with E-state index < -0.39 is 0 Å². The zero-order chi connectivity index (χ0) is 10.1. The molecule has 0 aliphatic rings. The van der Waals surface area contributed by atoms with E-state index >= 15 is 0 Å². The summed E-state index contributed by atoms with van der Waals surface area (Å²) in [6.07, 6.45) is 1.75. The molecule has 0 unspecified atom stereocenters. The number of hydrogen-bond acceptors (Lipinski definition) is 2. The average molecular weight is 189 g/mol. The van der Waals surface area contributed by atoms with E-state index in [2.05, 4.69) is 48.0 Å². The van der Waals surface area contributed by atoms with Crippen molar-refractivity contribution in [1.82, 2.24) is 14.9 Å². The number of nitrogens with zero attached hydrogens (tertiary/aromatic N) is 2. The largest absolute Gasteiger partial charge is 0.345 e. The minimum atomic E-state index is 0.934. The minimum Gasteiger partial charge on any atom is -0.345 e. The van der Waals surface area contributed by atoms with Gasteiger partial charge in [0.25, 0.3) is 0 Å². The Hall–Kier alpha value is -1.35. The molecule has 1 aromatic heterocycles. The lowest BCUT2D eigenvalue weighted by Crippen LogP contribution is -2.11. The molecule has 0 radical (unpaired) electrons. The van der Waals surface area contributed by atoms with Crippen LogP contribution in [0, 0.1) is 6.92 Å². The molecule has 1 heterocycles. The molecule has 3 heteroatoms. The highest BCUT2D eigenvalue weighted by Crippen LogP contribution is 2.18. The predicted octanol–water partition coefficient (Wildman–Crippen LogP) is 1.93. The molecule has 2 rings (SSSR count). The molecule has 0 fully saturated rings. The summed E-state index contributed by atoms with van der Waals surface area (Å²) in [6, 6.07) is 4.32. The Labute approximate surface area is 83.8 Å². The number of fused-ring (bicyclic) bond motifs is 1. The number of nitrogens with one attached hydrogen (secondary N) is 1. The second-order valence-corrected chi connectivity index (χ2v) is 3.96. The monoisotopic (exact) mass is 189 g/mol. The molecule has 1 aromatic carbocycles. The van der Waals surface area contributed by atoms with Crippen molar-refractivity contribution < 1.29 is 0 Å². The smallest absolute Gasteiger partial charge is 0.0932 e. The number of benzene rings is 1. The molecule has 0 atom stereocenters. The first-order valence-electron chi connectivity index (χ1n) is 4.74. The Morgan fingerprint density at radius 3 is 2.86 bits per heavy atom. The first-order valence-corrected chi connectivity index (χ1v) is 4.74. The van der Waals surface area contributed by atoms with Gasteiger partial charge in [-0.3, -0.25) is 0 Å². The SMILES string of the molecule is Cc1cc(CN(C)C)c2nc[nH]c2c1. The van der Waals surface area contributed by atoms with Crippen LogP contribution in [0.5, 0.6) is 0 Å². The summed E-state index contributed by atoms with van der Waals surface area (Å²) in [5.41, 5.74) is 4.77. The summed E-state index contributed by atoms with van der Waals surface area (Å²) < 4.78 is 0. The van der Waals surface area contributed by atoms with Gasteiger partial charge in [0.15, 0.2) is 0 Å². The summed E-state index contributed by atoms with van der Waals surface area (Å²) in [5.74, 6) is 0. The maximum absolute atomic E-state index is 4.33. The molecular formula is C11H15N3. The highest BCUT2D eigenvalue weighted by Gasteiger charge is 2.05. The maximum Gasteiger partial charge on any atom is 0.0932 e. The fourth-order valence-electron chi connectivity index (χ4n) is 1.74. The molecule has 0 spiro atoms. The Kier molecular flexibility index (Phi) is 2.25. The minimum absolute atomic E-state index is 0.934. The number of imidazole rings is 1. The van der Waals surface area contributed by atoms with Crippen molar-refractivity contribution in [1.29, 1.82) is 0 Å². The second kappa shape index (κ2) is 3.42. The molecule has 0 saturated carbocycles. The molecule has 0 aliphatic carbocycles. The van der Waals surface area contributed by atoms with Gasteiger partial charge < -0.3 is 9.88 Å². The lowest BCUT2D eigenvalue weighted by Gasteiger charge is -2.10. The standard InChI is InChI=1S/C11H15N3/c1-8-4-9(6-14(2)3)11-10(5-8)12-7-13-11/h4-5,7H,6H2,1-3H3,(H,12,13). The zero-order valence-corrected chi connectivity index (χ0v) is 8.83. The highest BCUT2D eigenvalue weighted by atomic mass is 15.1. The Morgan fingerprint density at radius 2 is 2.14 bits per heavy atom. The van der Waals surface area contributed by atoms with Crippen molar-refractivity contribution in [3.05, 3.63) is 29.6 Å². The second-order valence-electron chi connectivity index (χ2n) is 3.96. The molecule has 74 valence electrons. The van der Waals surface area contributed by atoms with Gasteiger partial charge in [0, 0.05) is 6.54 Å². The first kappa shape index (κ1) is 9.21. The van der Waals surface area contributed by atoms with E-state index in [1.807, 2.05) is 0 Å². The van der Waals surface area contributed by atoms with Crippen LogP contribution in [0.1, 0.15) is 11.1 Å². The maximum atomic E-state index is 4.33. The van der Waals surface area contributed by atoms with Crippen LogP contribution in [0.4, 0.5) is 0 Å². The van der Waals surface area contributed by atoms with E-state index in [1.165, 1.54) is 11.1 Å². The fraction of sp³-hybridized carbons (Fsp3) is 0.364. The first-order chi connectivity index (χ1) is 6.66. The Balaban J connectivity index is 2.55. The van der Waals surface area contributed by atoms with Gasteiger partial charge in [0.2, 0.25) is 0 Å². The van der Waals surface area contributed by atoms with Gasteiger partial charge >= 0.3 is 0 Å². The number of aromatic nitrogens is 2. The topological polar surface area (TPSA) is 31.9 Å². The fourth-order valence-corrected chi connectivity index (χ4v) is 1.74. The zero-order valence-electron chi connectivity index (χ0n) is 8.83. The van der Waals surface area contributed by atoms with Gasteiger partial charge in [-0.05, 0) is 38.2 Å². The van der Waals surface area contributed by atoms with Gasteiger partial charge in [-0.25, -0.2) is 4.98 Å². The van der Waals surface area contributed by atoms with E-state index in [0.29, 0.717) is 0 Å². The summed E-state index contributed by atoms with van der Waals surface area (Å²) >= 11 is 0. The molecule has 0 bridgehead atoms. The predicted molar refractivity (Wildman–Crippen MR) is 58.2 cm³/mol. The third kappa shape index (κ3) is 1.63. The number of aryl methyl sites for hydroxylation is 1. The molecule has 1 N–H and O–H groups in total. The van der Waals surface area contributed by atoms with Gasteiger partial charge in [-0.15, -0.1) is 0 Å². The van der Waals surface area contributed by atoms with Crippen LogP contribution in [0.2, 0.25) is 0 Å². The van der Waals surface area contributed by atoms with Crippen molar-refractivity contribution in [2.24, 2.45) is 0 Å². The quantitative estimate of drug-likeness (QED) is 0.782. The summed E-state index contributed by atoms with van der Waals surface area (Å²) in [7, 11) is 4.14. The Morgan fingerprint density at radius 1 is 1.36 bits per heavy atom. The molecule has 2 aromatic rings. The van der Waals surface area contributed by atoms with Crippen molar-refractivity contribution in [2.75, 3.05) is 14.1 Å². The summed E-state index contributed by atoms with van der Waals surface area (Å²) in [6.45, 7) is 3.04. The third-order valence-electron chi connectivity index (χ3n) is 2.23. The third-order valence-corrected chi connectivity index (χ3v) is 2.23. The van der Waals surface area contributed by atoms with Crippen LogP contribution in [-0.4, -0.2) is 29.0 Å². The van der Waals surface area contributed by atoms with Crippen LogP contribution >= 0.6 is 0 Å². The van der Waals surface area contributed by atoms with Crippen LogP contribution < -0.4 is 0 Å². The van der Waals surface area contributed by atoms with Gasteiger partial charge in [0.1, 0.15) is 0 Å². The Bertz CT molecular complexity index is 443. The van der Waals surface area contributed by atoms with Crippen LogP contribution in [-0.2, 0) is 6.54 Å². The van der Waals surface area contributed by atoms with E-state index in [-0.39, 0.29) is 0 Å². The number of H-pyrrole nitrogens is 1. The van der Waals surface area contributed by atoms with Crippen molar-refractivity contribution in [3.8, 4) is 0 Å². The van der Waals surface area contributed by atoms with E-state index in [1.54, 1.807) is 6.33 Å². The molecule has 3 nitrogen and oxygen atoms in total. The van der Waals surface area contributed by atoms with Crippen LogP contribution in [0.25, 0.3) is 11.0 Å². The number of hydrogen-bond donors (Lipinski definition) is 1. The molecular weight excluding hydrogens is 174 g/mol. The van der Waals surface area contributed by atoms with E-state index in [9.17, 15) is 0 Å². The van der Waals surface area contributed by atoms with Gasteiger partial charge in [0.05, 0.1) is 17.4 Å². The lowest BCUT2D eigenvalue weighted by atomic mass is 10.1. The summed E-state index contributed by atoms with van der Waals surface area (Å²) in [5, 5.41) is 0. The van der Waals surface area contributed by atoms with Gasteiger partial charge in [-0.2, -0.15) is 0 Å². The van der Waals surface area contributed by atoms with Crippen LogP contribution in [0.15, 0.2) is 18.5 Å². The number of rotatable bonds is 2. The van der Waals surface area contributed by atoms with E-state index in [4.69, 9.17) is 0 Å². The van der Waals surface area contributed by atoms with Crippen LogP contribution in [0.3, 0.4) is 0 Å². The van der Waals surface area contributed by atoms with Gasteiger partial charge in [-0.1, -0.05) is 6.07 Å². The number of aromatic amines is 1. The van der Waals surface area contributed by atoms with Crippen molar-refractivity contribution in [3.63, 3.8) is 0 Å². The lowest BCUT2D eigenvalue weighted by molar-refractivity contribution is 0.404. The van der Waals surface area contributed by atoms with Crippen molar-refractivity contribution >= 4 is 11.0 Å². The molecule has 0 amide bonds. The normalized spacial score (nSPS) is 11.4. The molecule has 0 saturated heterocycles. The molecule has 0 aliphatic heterocycles. The van der Waals surface area contributed by atoms with Crippen molar-refractivity contribution in [2.45, 2.75) is 13.5 Å². The summed E-state index contributed by atoms with van der Waals surface area (Å²) in [4.78, 5) is 9.63. The molecule has 14 heavy (non-hydrogen) atoms. The average Bonchev–Trinajstić information content (AvgIpc) is 2.50. The van der Waals surface area contributed by atoms with E-state index in [0.717, 1.165) is 17.6 Å². The highest BCUT2D eigenvalue weighted by molar-refractivity contribution is 5.79.